The second-order valence-electron chi connectivity index (χ2n) is 5.94. The molecule has 0 radical (unpaired) electrons. The van der Waals surface area contributed by atoms with Crippen molar-refractivity contribution in [2.24, 2.45) is 12.0 Å². The summed E-state index contributed by atoms with van der Waals surface area (Å²) in [5.74, 6) is 1.82. The molecule has 0 amide bonds. The van der Waals surface area contributed by atoms with Gasteiger partial charge in [0.2, 0.25) is 0 Å². The van der Waals surface area contributed by atoms with Crippen molar-refractivity contribution in [3.63, 3.8) is 0 Å². The second kappa shape index (κ2) is 8.43. The normalized spacial score (nSPS) is 11.5. The van der Waals surface area contributed by atoms with E-state index in [0.29, 0.717) is 6.54 Å². The number of benzene rings is 1. The second-order valence-corrected chi connectivity index (χ2v) is 5.94. The molecule has 5 nitrogen and oxygen atoms in total. The number of nitrogens with one attached hydrogen (secondary N) is 1. The van der Waals surface area contributed by atoms with E-state index in [-0.39, 0.29) is 0 Å². The fourth-order valence-corrected chi connectivity index (χ4v) is 2.65. The number of aromatic nitrogens is 1. The Morgan fingerprint density at radius 1 is 1.33 bits per heavy atom. The molecule has 0 bridgehead atoms. The third-order valence-corrected chi connectivity index (χ3v) is 4.02. The molecule has 0 fully saturated rings. The highest BCUT2D eigenvalue weighted by atomic mass is 16.5. The van der Waals surface area contributed by atoms with Crippen LogP contribution in [0.25, 0.3) is 0 Å². The molecule has 1 aromatic carbocycles. The van der Waals surface area contributed by atoms with Gasteiger partial charge in [0, 0.05) is 32.5 Å². The van der Waals surface area contributed by atoms with Crippen molar-refractivity contribution < 1.29 is 4.74 Å². The van der Waals surface area contributed by atoms with Crippen LogP contribution < -0.4 is 10.1 Å². The van der Waals surface area contributed by atoms with Gasteiger partial charge in [-0.25, -0.2) is 4.99 Å². The first kappa shape index (κ1) is 17.9. The molecule has 5 heteroatoms. The highest BCUT2D eigenvalue weighted by molar-refractivity contribution is 5.79. The van der Waals surface area contributed by atoms with E-state index in [4.69, 9.17) is 9.73 Å². The molecular formula is C19H28N4O. The average molecular weight is 328 g/mol. The summed E-state index contributed by atoms with van der Waals surface area (Å²) in [6, 6.07) is 10.4. The highest BCUT2D eigenvalue weighted by Crippen LogP contribution is 2.19. The van der Waals surface area contributed by atoms with Gasteiger partial charge in [-0.05, 0) is 43.2 Å². The quantitative estimate of drug-likeness (QED) is 0.655. The first-order valence-corrected chi connectivity index (χ1v) is 8.28. The molecule has 0 saturated carbocycles. The molecule has 0 unspecified atom stereocenters. The van der Waals surface area contributed by atoms with Gasteiger partial charge in [-0.2, -0.15) is 0 Å². The molecule has 1 aromatic heterocycles. The third kappa shape index (κ3) is 4.54. The summed E-state index contributed by atoms with van der Waals surface area (Å²) in [5, 5.41) is 3.36. The summed E-state index contributed by atoms with van der Waals surface area (Å²) >= 11 is 0. The van der Waals surface area contributed by atoms with Crippen molar-refractivity contribution in [3.05, 3.63) is 53.3 Å². The SMILES string of the molecule is CCNC(=NCc1ccc(OC)c(C)c1)N(C)Cc1cccn1C. The van der Waals surface area contributed by atoms with Gasteiger partial charge in [0.05, 0.1) is 20.2 Å². The summed E-state index contributed by atoms with van der Waals surface area (Å²) in [7, 11) is 5.82. The summed E-state index contributed by atoms with van der Waals surface area (Å²) < 4.78 is 7.45. The van der Waals surface area contributed by atoms with Crippen LogP contribution in [0.5, 0.6) is 5.75 Å². The first-order valence-electron chi connectivity index (χ1n) is 8.28. The van der Waals surface area contributed by atoms with Crippen molar-refractivity contribution in [1.82, 2.24) is 14.8 Å². The van der Waals surface area contributed by atoms with E-state index >= 15 is 0 Å². The van der Waals surface area contributed by atoms with Crippen LogP contribution in [0.4, 0.5) is 0 Å². The molecule has 1 N–H and O–H groups in total. The molecule has 0 aliphatic heterocycles. The minimum atomic E-state index is 0.643. The van der Waals surface area contributed by atoms with Crippen molar-refractivity contribution >= 4 is 5.96 Å². The smallest absolute Gasteiger partial charge is 0.194 e. The van der Waals surface area contributed by atoms with Gasteiger partial charge in [-0.15, -0.1) is 0 Å². The number of rotatable bonds is 6. The summed E-state index contributed by atoms with van der Waals surface area (Å²) in [5.41, 5.74) is 3.56. The van der Waals surface area contributed by atoms with Crippen LogP contribution in [-0.4, -0.2) is 36.1 Å². The summed E-state index contributed by atoms with van der Waals surface area (Å²) in [4.78, 5) is 6.92. The van der Waals surface area contributed by atoms with E-state index < -0.39 is 0 Å². The topological polar surface area (TPSA) is 41.8 Å². The van der Waals surface area contributed by atoms with Gasteiger partial charge in [-0.3, -0.25) is 0 Å². The van der Waals surface area contributed by atoms with E-state index in [1.807, 2.05) is 6.07 Å². The summed E-state index contributed by atoms with van der Waals surface area (Å²) in [6.45, 7) is 6.45. The van der Waals surface area contributed by atoms with Gasteiger partial charge in [0.15, 0.2) is 5.96 Å². The minimum absolute atomic E-state index is 0.643. The molecule has 0 spiro atoms. The first-order chi connectivity index (χ1) is 11.5. The van der Waals surface area contributed by atoms with E-state index in [1.54, 1.807) is 7.11 Å². The van der Waals surface area contributed by atoms with Gasteiger partial charge in [0.25, 0.3) is 0 Å². The van der Waals surface area contributed by atoms with Gasteiger partial charge in [0.1, 0.15) is 5.75 Å². The van der Waals surface area contributed by atoms with Gasteiger partial charge < -0.3 is 19.5 Å². The van der Waals surface area contributed by atoms with E-state index in [9.17, 15) is 0 Å². The zero-order chi connectivity index (χ0) is 17.5. The predicted molar refractivity (Wildman–Crippen MR) is 99.4 cm³/mol. The number of ether oxygens (including phenoxy) is 1. The number of methoxy groups -OCH3 is 1. The average Bonchev–Trinajstić information content (AvgIpc) is 2.96. The zero-order valence-electron chi connectivity index (χ0n) is 15.3. The Morgan fingerprint density at radius 2 is 2.12 bits per heavy atom. The van der Waals surface area contributed by atoms with Crippen molar-refractivity contribution in [2.75, 3.05) is 20.7 Å². The van der Waals surface area contributed by atoms with Gasteiger partial charge >= 0.3 is 0 Å². The Balaban J connectivity index is 2.09. The molecule has 0 atom stereocenters. The lowest BCUT2D eigenvalue weighted by Crippen LogP contribution is -2.38. The van der Waals surface area contributed by atoms with Crippen LogP contribution >= 0.6 is 0 Å². The Kier molecular flexibility index (Phi) is 6.29. The largest absolute Gasteiger partial charge is 0.496 e. The molecule has 130 valence electrons. The van der Waals surface area contributed by atoms with Crippen LogP contribution in [0.15, 0.2) is 41.5 Å². The number of aliphatic imine (C=N–C) groups is 1. The van der Waals surface area contributed by atoms with Crippen molar-refractivity contribution in [1.29, 1.82) is 0 Å². The van der Waals surface area contributed by atoms with E-state index in [2.05, 4.69) is 73.2 Å². The maximum Gasteiger partial charge on any atom is 0.194 e. The van der Waals surface area contributed by atoms with Crippen LogP contribution in [0.3, 0.4) is 0 Å². The molecule has 24 heavy (non-hydrogen) atoms. The Labute approximate surface area is 145 Å². The lowest BCUT2D eigenvalue weighted by atomic mass is 10.1. The zero-order valence-corrected chi connectivity index (χ0v) is 15.3. The van der Waals surface area contributed by atoms with E-state index in [1.165, 1.54) is 11.3 Å². The number of nitrogens with zero attached hydrogens (tertiary/aromatic N) is 3. The molecular weight excluding hydrogens is 300 g/mol. The van der Waals surface area contributed by atoms with Crippen LogP contribution in [0.2, 0.25) is 0 Å². The molecule has 0 aliphatic rings. The number of hydrogen-bond acceptors (Lipinski definition) is 2. The van der Waals surface area contributed by atoms with Crippen LogP contribution in [-0.2, 0) is 20.1 Å². The fourth-order valence-electron chi connectivity index (χ4n) is 2.65. The van der Waals surface area contributed by atoms with Crippen LogP contribution in [0.1, 0.15) is 23.7 Å². The van der Waals surface area contributed by atoms with Gasteiger partial charge in [-0.1, -0.05) is 12.1 Å². The number of guanidine groups is 1. The molecule has 2 aromatic rings. The minimum Gasteiger partial charge on any atom is -0.496 e. The standard InChI is InChI=1S/C19H28N4O/c1-6-20-19(23(4)14-17-8-7-11-22(17)3)21-13-16-9-10-18(24-5)15(2)12-16/h7-12H,6,13-14H2,1-5H3,(H,20,21). The summed E-state index contributed by atoms with van der Waals surface area (Å²) in [6.07, 6.45) is 2.06. The fraction of sp³-hybridized carbons (Fsp3) is 0.421. The molecule has 2 rings (SSSR count). The van der Waals surface area contributed by atoms with Crippen molar-refractivity contribution in [3.8, 4) is 5.75 Å². The number of hydrogen-bond donors (Lipinski definition) is 1. The monoisotopic (exact) mass is 328 g/mol. The highest BCUT2D eigenvalue weighted by Gasteiger charge is 2.08. The predicted octanol–water partition coefficient (Wildman–Crippen LogP) is 2.94. The molecule has 0 saturated heterocycles. The third-order valence-electron chi connectivity index (χ3n) is 4.02. The maximum atomic E-state index is 5.31. The molecule has 0 aliphatic carbocycles. The maximum absolute atomic E-state index is 5.31. The van der Waals surface area contributed by atoms with Crippen molar-refractivity contribution in [2.45, 2.75) is 26.9 Å². The molecule has 1 heterocycles. The van der Waals surface area contributed by atoms with Crippen LogP contribution in [0, 0.1) is 6.92 Å². The Hall–Kier alpha value is -2.43. The lowest BCUT2D eigenvalue weighted by Gasteiger charge is -2.22. The Morgan fingerprint density at radius 3 is 2.71 bits per heavy atom. The number of aryl methyl sites for hydroxylation is 2. The van der Waals surface area contributed by atoms with E-state index in [0.717, 1.165) is 30.4 Å². The lowest BCUT2D eigenvalue weighted by molar-refractivity contribution is 0.411. The Bertz CT molecular complexity index is 690.